The Morgan fingerprint density at radius 3 is 2.61 bits per heavy atom. The number of hydrogen-bond acceptors (Lipinski definition) is 1. The first kappa shape index (κ1) is 11.8. The van der Waals surface area contributed by atoms with Crippen LogP contribution in [0.25, 0.3) is 5.69 Å². The van der Waals surface area contributed by atoms with Crippen molar-refractivity contribution in [2.24, 2.45) is 5.92 Å². The number of rotatable bonds is 3. The maximum absolute atomic E-state index is 12.2. The largest absolute Gasteiger partial charge is 0.294 e. The van der Waals surface area contributed by atoms with Gasteiger partial charge in [-0.1, -0.05) is 37.5 Å². The zero-order valence-corrected chi connectivity index (χ0v) is 11.6. The summed E-state index contributed by atoms with van der Waals surface area (Å²) in [6, 6.07) is 9.67. The van der Waals surface area contributed by atoms with Gasteiger partial charge in [-0.25, -0.2) is 4.68 Å². The molecule has 0 aliphatic heterocycles. The average molecular weight is 307 g/mol. The van der Waals surface area contributed by atoms with Crippen LogP contribution in [0.2, 0.25) is 0 Å². The fraction of sp³-hybridized carbons (Fsp3) is 0.357. The molecule has 1 aromatic heterocycles. The third kappa shape index (κ3) is 2.05. The second kappa shape index (κ2) is 4.76. The van der Waals surface area contributed by atoms with Crippen molar-refractivity contribution in [3.8, 4) is 5.69 Å². The summed E-state index contributed by atoms with van der Waals surface area (Å²) in [6.07, 6.45) is 4.86. The molecule has 0 spiro atoms. The molecule has 4 heteroatoms. The summed E-state index contributed by atoms with van der Waals surface area (Å²) < 4.78 is 2.29. The molecule has 94 valence electrons. The van der Waals surface area contributed by atoms with Crippen molar-refractivity contribution in [1.29, 1.82) is 0 Å². The molecule has 0 amide bonds. The topological polar surface area (TPSA) is 37.8 Å². The minimum absolute atomic E-state index is 0.00414. The van der Waals surface area contributed by atoms with E-state index in [9.17, 15) is 4.79 Å². The first-order valence-electron chi connectivity index (χ1n) is 6.30. The lowest BCUT2D eigenvalue weighted by atomic mass is 9.82. The maximum Gasteiger partial charge on any atom is 0.285 e. The van der Waals surface area contributed by atoms with E-state index in [0.717, 1.165) is 23.7 Å². The first-order chi connectivity index (χ1) is 8.75. The van der Waals surface area contributed by atoms with Crippen molar-refractivity contribution in [1.82, 2.24) is 9.78 Å². The average Bonchev–Trinajstić information content (AvgIpc) is 2.63. The monoisotopic (exact) mass is 306 g/mol. The van der Waals surface area contributed by atoms with Crippen LogP contribution < -0.4 is 5.56 Å². The van der Waals surface area contributed by atoms with Crippen LogP contribution in [0.1, 0.15) is 25.0 Å². The van der Waals surface area contributed by atoms with Crippen LogP contribution in [0, 0.1) is 5.92 Å². The van der Waals surface area contributed by atoms with Gasteiger partial charge in [0.25, 0.3) is 5.56 Å². The predicted molar refractivity (Wildman–Crippen MR) is 75.1 cm³/mol. The Morgan fingerprint density at radius 1 is 1.28 bits per heavy atom. The van der Waals surface area contributed by atoms with E-state index in [1.165, 1.54) is 19.3 Å². The highest BCUT2D eigenvalue weighted by atomic mass is 79.9. The van der Waals surface area contributed by atoms with Crippen molar-refractivity contribution in [2.45, 2.75) is 25.7 Å². The Morgan fingerprint density at radius 2 is 2.00 bits per heavy atom. The highest BCUT2D eigenvalue weighted by molar-refractivity contribution is 9.10. The first-order valence-corrected chi connectivity index (χ1v) is 7.10. The van der Waals surface area contributed by atoms with Crippen molar-refractivity contribution < 1.29 is 0 Å². The molecular formula is C14H15BrN2O. The number of para-hydroxylation sites is 1. The van der Waals surface area contributed by atoms with Gasteiger partial charge in [-0.2, -0.15) is 0 Å². The van der Waals surface area contributed by atoms with Crippen molar-refractivity contribution >= 4 is 15.9 Å². The molecule has 1 aromatic carbocycles. The number of benzene rings is 1. The van der Waals surface area contributed by atoms with Crippen LogP contribution in [0.15, 0.2) is 39.6 Å². The van der Waals surface area contributed by atoms with Gasteiger partial charge < -0.3 is 0 Å². The molecule has 3 rings (SSSR count). The van der Waals surface area contributed by atoms with Gasteiger partial charge >= 0.3 is 0 Å². The third-order valence-corrected chi connectivity index (χ3v) is 4.45. The standard InChI is InChI=1S/C14H15BrN2O/c15-13-12(9-10-5-4-6-10)16-17(14(13)18)11-7-2-1-3-8-11/h1-3,7-8,10,16H,4-6,9H2. The van der Waals surface area contributed by atoms with Gasteiger partial charge in [0.1, 0.15) is 4.47 Å². The van der Waals surface area contributed by atoms with E-state index < -0.39 is 0 Å². The van der Waals surface area contributed by atoms with Crippen LogP contribution in [0.4, 0.5) is 0 Å². The summed E-state index contributed by atoms with van der Waals surface area (Å²) in [5.41, 5.74) is 1.90. The van der Waals surface area contributed by atoms with E-state index in [4.69, 9.17) is 0 Å². The Balaban J connectivity index is 1.96. The Labute approximate surface area is 114 Å². The molecule has 1 aliphatic carbocycles. The lowest BCUT2D eigenvalue weighted by molar-refractivity contribution is 0.311. The number of hydrogen-bond donors (Lipinski definition) is 1. The van der Waals surface area contributed by atoms with Crippen LogP contribution in [-0.2, 0) is 6.42 Å². The van der Waals surface area contributed by atoms with Gasteiger partial charge in [0, 0.05) is 0 Å². The molecule has 18 heavy (non-hydrogen) atoms. The molecule has 0 unspecified atom stereocenters. The summed E-state index contributed by atoms with van der Waals surface area (Å²) >= 11 is 3.42. The van der Waals surface area contributed by atoms with Crippen molar-refractivity contribution in [3.05, 3.63) is 50.9 Å². The highest BCUT2D eigenvalue weighted by Crippen LogP contribution is 2.30. The molecule has 3 nitrogen and oxygen atoms in total. The second-order valence-electron chi connectivity index (χ2n) is 4.88. The van der Waals surface area contributed by atoms with Gasteiger partial charge in [-0.3, -0.25) is 9.89 Å². The molecule has 0 saturated heterocycles. The molecule has 0 atom stereocenters. The minimum Gasteiger partial charge on any atom is -0.294 e. The second-order valence-corrected chi connectivity index (χ2v) is 5.67. The van der Waals surface area contributed by atoms with Gasteiger partial charge in [0.15, 0.2) is 0 Å². The quantitative estimate of drug-likeness (QED) is 0.928. The molecule has 1 fully saturated rings. The Kier molecular flexibility index (Phi) is 3.12. The zero-order chi connectivity index (χ0) is 12.5. The molecule has 1 aliphatic rings. The molecule has 0 radical (unpaired) electrons. The number of aromatic amines is 1. The molecule has 1 heterocycles. The molecule has 2 aromatic rings. The van der Waals surface area contributed by atoms with E-state index in [2.05, 4.69) is 21.0 Å². The van der Waals surface area contributed by atoms with E-state index in [-0.39, 0.29) is 5.56 Å². The fourth-order valence-corrected chi connectivity index (χ4v) is 2.77. The number of H-pyrrole nitrogens is 1. The predicted octanol–water partition coefficient (Wildman–Crippen LogP) is 3.27. The zero-order valence-electron chi connectivity index (χ0n) is 10.0. The van der Waals surface area contributed by atoms with Gasteiger partial charge in [-0.15, -0.1) is 0 Å². The van der Waals surface area contributed by atoms with Gasteiger partial charge in [0.2, 0.25) is 0 Å². The fourth-order valence-electron chi connectivity index (χ4n) is 2.34. The summed E-state index contributed by atoms with van der Waals surface area (Å²) in [5.74, 6) is 0.739. The lowest BCUT2D eigenvalue weighted by Gasteiger charge is -2.24. The maximum atomic E-state index is 12.2. The summed E-state index contributed by atoms with van der Waals surface area (Å²) in [5, 5.41) is 3.22. The third-order valence-electron chi connectivity index (χ3n) is 3.63. The molecule has 0 bridgehead atoms. The normalized spacial score (nSPS) is 15.6. The van der Waals surface area contributed by atoms with E-state index in [1.807, 2.05) is 30.3 Å². The number of aromatic nitrogens is 2. The van der Waals surface area contributed by atoms with E-state index in [1.54, 1.807) is 4.68 Å². The van der Waals surface area contributed by atoms with Gasteiger partial charge in [0.05, 0.1) is 11.4 Å². The van der Waals surface area contributed by atoms with Crippen molar-refractivity contribution in [2.75, 3.05) is 0 Å². The lowest BCUT2D eigenvalue weighted by Crippen LogP contribution is -2.14. The highest BCUT2D eigenvalue weighted by Gasteiger charge is 2.21. The summed E-state index contributed by atoms with van der Waals surface area (Å²) in [4.78, 5) is 12.2. The number of nitrogens with zero attached hydrogens (tertiary/aromatic N) is 1. The Hall–Kier alpha value is -1.29. The number of halogens is 1. The van der Waals surface area contributed by atoms with Crippen LogP contribution in [0.3, 0.4) is 0 Å². The van der Waals surface area contributed by atoms with Crippen molar-refractivity contribution in [3.63, 3.8) is 0 Å². The Bertz CT molecular complexity index is 596. The molecule has 1 N–H and O–H groups in total. The van der Waals surface area contributed by atoms with E-state index in [0.29, 0.717) is 4.47 Å². The summed E-state index contributed by atoms with van der Waals surface area (Å²) in [6.45, 7) is 0. The minimum atomic E-state index is -0.00414. The van der Waals surface area contributed by atoms with Crippen LogP contribution in [-0.4, -0.2) is 9.78 Å². The SMILES string of the molecule is O=c1c(Br)c(CC2CCC2)[nH]n1-c1ccccc1. The smallest absolute Gasteiger partial charge is 0.285 e. The summed E-state index contributed by atoms with van der Waals surface area (Å²) in [7, 11) is 0. The van der Waals surface area contributed by atoms with Crippen LogP contribution in [0.5, 0.6) is 0 Å². The van der Waals surface area contributed by atoms with Crippen LogP contribution >= 0.6 is 15.9 Å². The van der Waals surface area contributed by atoms with Gasteiger partial charge in [-0.05, 0) is 40.4 Å². The molecular weight excluding hydrogens is 292 g/mol. The van der Waals surface area contributed by atoms with E-state index >= 15 is 0 Å². The number of nitrogens with one attached hydrogen (secondary N) is 1. The molecule has 1 saturated carbocycles.